The molecule has 0 saturated heterocycles. The molecule has 1 heterocycles. The molecule has 0 aliphatic carbocycles. The molecule has 2 nitrogen and oxygen atoms in total. The predicted molar refractivity (Wildman–Crippen MR) is 64.1 cm³/mol. The highest BCUT2D eigenvalue weighted by Crippen LogP contribution is 2.34. The van der Waals surface area contributed by atoms with E-state index in [0.717, 1.165) is 12.3 Å². The summed E-state index contributed by atoms with van der Waals surface area (Å²) in [7, 11) is 0. The second-order valence-electron chi connectivity index (χ2n) is 3.76. The first-order valence-electron chi connectivity index (χ1n) is 5.08. The Balaban J connectivity index is 2.46. The second kappa shape index (κ2) is 4.70. The molecule has 2 aromatic rings. The Morgan fingerprint density at radius 1 is 1.11 bits per heavy atom. The van der Waals surface area contributed by atoms with Gasteiger partial charge in [-0.2, -0.15) is 13.2 Å². The number of nitrogens with zero attached hydrogens (tertiary/aromatic N) is 1. The third-order valence-corrected chi connectivity index (χ3v) is 2.85. The van der Waals surface area contributed by atoms with Gasteiger partial charge in [-0.05, 0) is 12.1 Å². The van der Waals surface area contributed by atoms with E-state index >= 15 is 0 Å². The molecule has 1 aromatic carbocycles. The van der Waals surface area contributed by atoms with Crippen LogP contribution < -0.4 is 5.73 Å². The van der Waals surface area contributed by atoms with Crippen molar-refractivity contribution in [1.29, 1.82) is 0 Å². The monoisotopic (exact) mass is 290 g/mol. The Bertz CT molecular complexity index is 608. The number of nitrogen functional groups attached to an aromatic ring is 1. The summed E-state index contributed by atoms with van der Waals surface area (Å²) in [5.41, 5.74) is 4.68. The summed E-state index contributed by atoms with van der Waals surface area (Å²) < 4.78 is 50.5. The normalized spacial score (nSPS) is 11.6. The van der Waals surface area contributed by atoms with Gasteiger partial charge in [0.1, 0.15) is 5.69 Å². The molecular weight excluding hydrogens is 284 g/mol. The standard InChI is InChI=1S/C12H7ClF4N2/c13-10-7(2-3-8(18)11(10)14)6-1-4-9(19-5-6)12(15,16)17/h1-5H,18H2. The Hall–Kier alpha value is -1.82. The first-order valence-corrected chi connectivity index (χ1v) is 5.45. The molecule has 0 spiro atoms. The van der Waals surface area contributed by atoms with Crippen molar-refractivity contribution in [3.63, 3.8) is 0 Å². The lowest BCUT2D eigenvalue weighted by molar-refractivity contribution is -0.141. The van der Waals surface area contributed by atoms with Crippen molar-refractivity contribution in [3.05, 3.63) is 47.0 Å². The van der Waals surface area contributed by atoms with Crippen molar-refractivity contribution in [2.24, 2.45) is 0 Å². The van der Waals surface area contributed by atoms with Crippen LogP contribution in [0, 0.1) is 5.82 Å². The summed E-state index contributed by atoms with van der Waals surface area (Å²) in [5.74, 6) is -0.806. The molecule has 2 N–H and O–H groups in total. The van der Waals surface area contributed by atoms with E-state index in [1.807, 2.05) is 0 Å². The van der Waals surface area contributed by atoms with E-state index < -0.39 is 17.7 Å². The maximum absolute atomic E-state index is 13.5. The minimum absolute atomic E-state index is 0.131. The Labute approximate surface area is 110 Å². The van der Waals surface area contributed by atoms with E-state index in [9.17, 15) is 17.6 Å². The van der Waals surface area contributed by atoms with Gasteiger partial charge < -0.3 is 5.73 Å². The van der Waals surface area contributed by atoms with Crippen LogP contribution in [0.15, 0.2) is 30.5 Å². The third kappa shape index (κ3) is 2.63. The quantitative estimate of drug-likeness (QED) is 0.633. The average Bonchev–Trinajstić information content (AvgIpc) is 2.35. The van der Waals surface area contributed by atoms with Crippen molar-refractivity contribution in [3.8, 4) is 11.1 Å². The van der Waals surface area contributed by atoms with Crippen molar-refractivity contribution in [1.82, 2.24) is 4.98 Å². The molecule has 0 amide bonds. The minimum Gasteiger partial charge on any atom is -0.396 e. The number of pyridine rings is 1. The summed E-state index contributed by atoms with van der Waals surface area (Å²) in [5, 5.41) is -0.249. The zero-order valence-corrected chi connectivity index (χ0v) is 10.1. The predicted octanol–water partition coefficient (Wildman–Crippen LogP) is 4.14. The minimum atomic E-state index is -4.52. The van der Waals surface area contributed by atoms with Crippen molar-refractivity contribution < 1.29 is 17.6 Å². The zero-order valence-electron chi connectivity index (χ0n) is 9.30. The van der Waals surface area contributed by atoms with Crippen molar-refractivity contribution in [2.45, 2.75) is 6.18 Å². The van der Waals surface area contributed by atoms with E-state index in [2.05, 4.69) is 4.98 Å². The van der Waals surface area contributed by atoms with Crippen molar-refractivity contribution in [2.75, 3.05) is 5.73 Å². The topological polar surface area (TPSA) is 38.9 Å². The fraction of sp³-hybridized carbons (Fsp3) is 0.0833. The van der Waals surface area contributed by atoms with Gasteiger partial charge in [0.05, 0.1) is 10.7 Å². The van der Waals surface area contributed by atoms with Gasteiger partial charge in [-0.15, -0.1) is 0 Å². The van der Waals surface area contributed by atoms with Crippen molar-refractivity contribution >= 4 is 17.3 Å². The van der Waals surface area contributed by atoms with Crippen LogP contribution in [0.25, 0.3) is 11.1 Å². The number of aromatic nitrogens is 1. The van der Waals surface area contributed by atoms with Crippen LogP contribution in [-0.4, -0.2) is 4.98 Å². The lowest BCUT2D eigenvalue weighted by Crippen LogP contribution is -2.07. The molecule has 1 aromatic heterocycles. The first-order chi connectivity index (χ1) is 8.80. The molecule has 0 atom stereocenters. The third-order valence-electron chi connectivity index (χ3n) is 2.48. The SMILES string of the molecule is Nc1ccc(-c2ccc(C(F)(F)F)nc2)c(Cl)c1F. The molecule has 0 aliphatic heterocycles. The molecular formula is C12H7ClF4N2. The number of alkyl halides is 3. The molecule has 0 fully saturated rings. The van der Waals surface area contributed by atoms with Crippen LogP contribution in [0.2, 0.25) is 5.02 Å². The largest absolute Gasteiger partial charge is 0.433 e. The number of anilines is 1. The van der Waals surface area contributed by atoms with Gasteiger partial charge in [0.2, 0.25) is 0 Å². The summed E-state index contributed by atoms with van der Waals surface area (Å²) in [6.45, 7) is 0. The highest BCUT2D eigenvalue weighted by Gasteiger charge is 2.32. The fourth-order valence-corrected chi connectivity index (χ4v) is 1.79. The van der Waals surface area contributed by atoms with Gasteiger partial charge in [0, 0.05) is 17.3 Å². The number of rotatable bonds is 1. The van der Waals surface area contributed by atoms with E-state index in [1.54, 1.807) is 0 Å². The lowest BCUT2D eigenvalue weighted by atomic mass is 10.1. The number of hydrogen-bond acceptors (Lipinski definition) is 2. The smallest absolute Gasteiger partial charge is 0.396 e. The van der Waals surface area contributed by atoms with Gasteiger partial charge in [-0.3, -0.25) is 4.98 Å². The second-order valence-corrected chi connectivity index (χ2v) is 4.14. The molecule has 19 heavy (non-hydrogen) atoms. The Morgan fingerprint density at radius 2 is 1.79 bits per heavy atom. The summed E-state index contributed by atoms with van der Waals surface area (Å²) >= 11 is 5.76. The Morgan fingerprint density at radius 3 is 2.32 bits per heavy atom. The maximum Gasteiger partial charge on any atom is 0.433 e. The highest BCUT2D eigenvalue weighted by molar-refractivity contribution is 6.33. The van der Waals surface area contributed by atoms with Crippen LogP contribution in [-0.2, 0) is 6.18 Å². The van der Waals surface area contributed by atoms with Crippen LogP contribution in [0.1, 0.15) is 5.69 Å². The molecule has 0 bridgehead atoms. The van der Waals surface area contributed by atoms with E-state index in [0.29, 0.717) is 0 Å². The van der Waals surface area contributed by atoms with Gasteiger partial charge in [0.15, 0.2) is 5.82 Å². The number of halogens is 5. The van der Waals surface area contributed by atoms with Crippen LogP contribution in [0.4, 0.5) is 23.2 Å². The summed E-state index contributed by atoms with van der Waals surface area (Å²) in [6, 6.07) is 4.69. The average molecular weight is 291 g/mol. The lowest BCUT2D eigenvalue weighted by Gasteiger charge is -2.09. The fourth-order valence-electron chi connectivity index (χ4n) is 1.51. The summed E-state index contributed by atoms with van der Waals surface area (Å²) in [4.78, 5) is 3.28. The Kier molecular flexibility index (Phi) is 3.36. The summed E-state index contributed by atoms with van der Waals surface area (Å²) in [6.07, 6.45) is -3.53. The zero-order chi connectivity index (χ0) is 14.2. The molecule has 100 valence electrons. The van der Waals surface area contributed by atoms with Gasteiger partial charge in [-0.25, -0.2) is 4.39 Å². The molecule has 0 aliphatic rings. The number of benzene rings is 1. The van der Waals surface area contributed by atoms with Crippen LogP contribution in [0.3, 0.4) is 0 Å². The maximum atomic E-state index is 13.5. The number of nitrogens with two attached hydrogens (primary N) is 1. The van der Waals surface area contributed by atoms with E-state index in [4.69, 9.17) is 17.3 Å². The number of hydrogen-bond donors (Lipinski definition) is 1. The highest BCUT2D eigenvalue weighted by atomic mass is 35.5. The first kappa shape index (κ1) is 13.6. The molecule has 2 rings (SSSR count). The van der Waals surface area contributed by atoms with E-state index in [-0.39, 0.29) is 21.8 Å². The molecule has 0 radical (unpaired) electrons. The van der Waals surface area contributed by atoms with Crippen LogP contribution >= 0.6 is 11.6 Å². The molecule has 0 unspecified atom stereocenters. The molecule has 7 heteroatoms. The van der Waals surface area contributed by atoms with Gasteiger partial charge >= 0.3 is 6.18 Å². The molecule has 0 saturated carbocycles. The van der Waals surface area contributed by atoms with Gasteiger partial charge in [0.25, 0.3) is 0 Å². The van der Waals surface area contributed by atoms with Gasteiger partial charge in [-0.1, -0.05) is 23.7 Å². The van der Waals surface area contributed by atoms with Crippen LogP contribution in [0.5, 0.6) is 0 Å². The van der Waals surface area contributed by atoms with E-state index in [1.165, 1.54) is 18.2 Å².